The van der Waals surface area contributed by atoms with Gasteiger partial charge in [-0.1, -0.05) is 0 Å². The minimum atomic E-state index is -0.553. The molecule has 0 aliphatic carbocycles. The lowest BCUT2D eigenvalue weighted by Gasteiger charge is -2.29. The lowest BCUT2D eigenvalue weighted by Crippen LogP contribution is -2.37. The largest absolute Gasteiger partial charge is 0.378 e. The molecule has 1 saturated heterocycles. The van der Waals surface area contributed by atoms with E-state index in [2.05, 4.69) is 0 Å². The second-order valence-electron chi connectivity index (χ2n) is 3.71. The molecule has 1 aromatic carbocycles. The molecule has 0 bridgehead atoms. The molecule has 0 atom stereocenters. The number of rotatable bonds is 2. The third-order valence-corrected chi connectivity index (χ3v) is 2.64. The van der Waals surface area contributed by atoms with E-state index in [4.69, 9.17) is 10.5 Å². The summed E-state index contributed by atoms with van der Waals surface area (Å²) in [6.45, 7) is 2.15. The summed E-state index contributed by atoms with van der Waals surface area (Å²) in [5.41, 5.74) is 5.84. The zero-order chi connectivity index (χ0) is 11.5. The lowest BCUT2D eigenvalue weighted by atomic mass is 10.1. The molecule has 1 heterocycles. The van der Waals surface area contributed by atoms with Crippen molar-refractivity contribution in [1.29, 1.82) is 0 Å². The van der Waals surface area contributed by atoms with Crippen LogP contribution >= 0.6 is 0 Å². The van der Waals surface area contributed by atoms with Gasteiger partial charge in [-0.15, -0.1) is 0 Å². The standard InChI is InChI=1S/C11H14F2N2O/c12-9-5-8(7-14)6-10(13)11(9)15-1-3-16-4-2-15/h5-6H,1-4,7,14H2. The molecule has 0 spiro atoms. The van der Waals surface area contributed by atoms with Crippen molar-refractivity contribution in [2.45, 2.75) is 6.54 Å². The van der Waals surface area contributed by atoms with E-state index >= 15 is 0 Å². The zero-order valence-electron chi connectivity index (χ0n) is 8.88. The molecule has 1 aromatic rings. The van der Waals surface area contributed by atoms with Gasteiger partial charge in [0.15, 0.2) is 0 Å². The second kappa shape index (κ2) is 4.76. The fourth-order valence-corrected chi connectivity index (χ4v) is 1.82. The molecule has 0 amide bonds. The molecular formula is C11H14F2N2O. The lowest BCUT2D eigenvalue weighted by molar-refractivity contribution is 0.122. The summed E-state index contributed by atoms with van der Waals surface area (Å²) in [5.74, 6) is -1.11. The summed E-state index contributed by atoms with van der Waals surface area (Å²) >= 11 is 0. The molecule has 88 valence electrons. The number of hydrogen-bond donors (Lipinski definition) is 1. The summed E-state index contributed by atoms with van der Waals surface area (Å²) in [4.78, 5) is 1.66. The number of benzene rings is 1. The first-order valence-corrected chi connectivity index (χ1v) is 5.23. The van der Waals surface area contributed by atoms with E-state index in [0.29, 0.717) is 31.9 Å². The summed E-state index contributed by atoms with van der Waals surface area (Å²) in [6, 6.07) is 2.57. The van der Waals surface area contributed by atoms with Gasteiger partial charge in [0, 0.05) is 19.6 Å². The molecule has 2 rings (SSSR count). The van der Waals surface area contributed by atoms with E-state index in [-0.39, 0.29) is 12.2 Å². The Hall–Kier alpha value is -1.20. The van der Waals surface area contributed by atoms with Crippen molar-refractivity contribution in [2.75, 3.05) is 31.2 Å². The smallest absolute Gasteiger partial charge is 0.149 e. The molecule has 1 aliphatic rings. The zero-order valence-corrected chi connectivity index (χ0v) is 8.88. The minimum Gasteiger partial charge on any atom is -0.378 e. The van der Waals surface area contributed by atoms with Gasteiger partial charge in [-0.3, -0.25) is 0 Å². The van der Waals surface area contributed by atoms with Crippen molar-refractivity contribution < 1.29 is 13.5 Å². The summed E-state index contributed by atoms with van der Waals surface area (Å²) in [5, 5.41) is 0. The van der Waals surface area contributed by atoms with Crippen molar-refractivity contribution in [1.82, 2.24) is 0 Å². The average Bonchev–Trinajstić information content (AvgIpc) is 2.29. The van der Waals surface area contributed by atoms with Crippen LogP contribution < -0.4 is 10.6 Å². The van der Waals surface area contributed by atoms with Crippen LogP contribution in [0, 0.1) is 11.6 Å². The number of nitrogens with zero attached hydrogens (tertiary/aromatic N) is 1. The van der Waals surface area contributed by atoms with Gasteiger partial charge < -0.3 is 15.4 Å². The first kappa shape index (κ1) is 11.3. The van der Waals surface area contributed by atoms with Crippen LogP contribution in [0.5, 0.6) is 0 Å². The third-order valence-electron chi connectivity index (χ3n) is 2.64. The molecule has 0 radical (unpaired) electrons. The Morgan fingerprint density at radius 1 is 1.19 bits per heavy atom. The maximum atomic E-state index is 13.7. The quantitative estimate of drug-likeness (QED) is 0.828. The molecule has 1 aliphatic heterocycles. The molecule has 0 saturated carbocycles. The van der Waals surface area contributed by atoms with Crippen LogP contribution in [-0.2, 0) is 11.3 Å². The van der Waals surface area contributed by atoms with Crippen LogP contribution in [0.25, 0.3) is 0 Å². The Kier molecular flexibility index (Phi) is 3.36. The number of ether oxygens (including phenoxy) is 1. The fraction of sp³-hybridized carbons (Fsp3) is 0.455. The number of halogens is 2. The van der Waals surface area contributed by atoms with Gasteiger partial charge in [0.1, 0.15) is 17.3 Å². The number of morpholine rings is 1. The van der Waals surface area contributed by atoms with Gasteiger partial charge in [0.2, 0.25) is 0 Å². The molecular weight excluding hydrogens is 214 g/mol. The van der Waals surface area contributed by atoms with Crippen molar-refractivity contribution in [3.05, 3.63) is 29.3 Å². The Labute approximate surface area is 92.8 Å². The Balaban J connectivity index is 2.32. The molecule has 0 unspecified atom stereocenters. The SMILES string of the molecule is NCc1cc(F)c(N2CCOCC2)c(F)c1. The summed E-state index contributed by atoms with van der Waals surface area (Å²) in [7, 11) is 0. The van der Waals surface area contributed by atoms with Gasteiger partial charge in [-0.05, 0) is 17.7 Å². The topological polar surface area (TPSA) is 38.5 Å². The maximum Gasteiger partial charge on any atom is 0.149 e. The van der Waals surface area contributed by atoms with Crippen molar-refractivity contribution in [3.8, 4) is 0 Å². The summed E-state index contributed by atoms with van der Waals surface area (Å²) < 4.78 is 32.5. The van der Waals surface area contributed by atoms with Gasteiger partial charge >= 0.3 is 0 Å². The third kappa shape index (κ3) is 2.15. The first-order chi connectivity index (χ1) is 7.72. The Morgan fingerprint density at radius 2 is 1.75 bits per heavy atom. The van der Waals surface area contributed by atoms with E-state index in [1.54, 1.807) is 4.90 Å². The molecule has 16 heavy (non-hydrogen) atoms. The van der Waals surface area contributed by atoms with Crippen LogP contribution in [0.4, 0.5) is 14.5 Å². The molecule has 1 fully saturated rings. The average molecular weight is 228 g/mol. The fourth-order valence-electron chi connectivity index (χ4n) is 1.82. The number of anilines is 1. The van der Waals surface area contributed by atoms with Crippen LogP contribution in [0.1, 0.15) is 5.56 Å². The van der Waals surface area contributed by atoms with E-state index in [1.165, 1.54) is 12.1 Å². The van der Waals surface area contributed by atoms with E-state index in [9.17, 15) is 8.78 Å². The Bertz CT molecular complexity index is 355. The number of hydrogen-bond acceptors (Lipinski definition) is 3. The highest BCUT2D eigenvalue weighted by Gasteiger charge is 2.19. The molecule has 3 nitrogen and oxygen atoms in total. The predicted molar refractivity (Wildman–Crippen MR) is 57.3 cm³/mol. The van der Waals surface area contributed by atoms with Crippen LogP contribution in [-0.4, -0.2) is 26.3 Å². The highest BCUT2D eigenvalue weighted by atomic mass is 19.1. The second-order valence-corrected chi connectivity index (χ2v) is 3.71. The van der Waals surface area contributed by atoms with Gasteiger partial charge in [0.25, 0.3) is 0 Å². The van der Waals surface area contributed by atoms with E-state index < -0.39 is 11.6 Å². The molecule has 0 aromatic heterocycles. The molecule has 2 N–H and O–H groups in total. The van der Waals surface area contributed by atoms with Gasteiger partial charge in [-0.25, -0.2) is 8.78 Å². The van der Waals surface area contributed by atoms with Crippen molar-refractivity contribution in [3.63, 3.8) is 0 Å². The van der Waals surface area contributed by atoms with E-state index in [1.807, 2.05) is 0 Å². The predicted octanol–water partition coefficient (Wildman–Crippen LogP) is 1.26. The van der Waals surface area contributed by atoms with Gasteiger partial charge in [-0.2, -0.15) is 0 Å². The number of nitrogens with two attached hydrogens (primary N) is 1. The van der Waals surface area contributed by atoms with Crippen LogP contribution in [0.15, 0.2) is 12.1 Å². The van der Waals surface area contributed by atoms with Crippen LogP contribution in [0.3, 0.4) is 0 Å². The monoisotopic (exact) mass is 228 g/mol. The highest BCUT2D eigenvalue weighted by molar-refractivity contribution is 5.51. The summed E-state index contributed by atoms with van der Waals surface area (Å²) in [6.07, 6.45) is 0. The van der Waals surface area contributed by atoms with E-state index in [0.717, 1.165) is 0 Å². The van der Waals surface area contributed by atoms with Gasteiger partial charge in [0.05, 0.1) is 13.2 Å². The minimum absolute atomic E-state index is 0.0282. The maximum absolute atomic E-state index is 13.7. The molecule has 5 heteroatoms. The van der Waals surface area contributed by atoms with Crippen LogP contribution in [0.2, 0.25) is 0 Å². The highest BCUT2D eigenvalue weighted by Crippen LogP contribution is 2.25. The first-order valence-electron chi connectivity index (χ1n) is 5.23. The van der Waals surface area contributed by atoms with Crippen molar-refractivity contribution in [2.24, 2.45) is 5.73 Å². The van der Waals surface area contributed by atoms with Crippen molar-refractivity contribution >= 4 is 5.69 Å². The Morgan fingerprint density at radius 3 is 2.25 bits per heavy atom. The normalized spacial score (nSPS) is 16.6.